The van der Waals surface area contributed by atoms with Crippen molar-refractivity contribution >= 4 is 15.7 Å². The Labute approximate surface area is 110 Å². The number of nitrogens with two attached hydrogens (primary N) is 1. The van der Waals surface area contributed by atoms with Gasteiger partial charge in [0.15, 0.2) is 0 Å². The van der Waals surface area contributed by atoms with Gasteiger partial charge in [-0.2, -0.15) is 0 Å². The minimum absolute atomic E-state index is 0.218. The molecule has 0 aromatic rings. The second-order valence-electron chi connectivity index (χ2n) is 5.21. The van der Waals surface area contributed by atoms with Crippen molar-refractivity contribution in [3.63, 3.8) is 0 Å². The summed E-state index contributed by atoms with van der Waals surface area (Å²) in [4.78, 5) is 0. The van der Waals surface area contributed by atoms with Crippen LogP contribution >= 0.6 is 0 Å². The number of nitrogens with one attached hydrogen (secondary N) is 1. The van der Waals surface area contributed by atoms with Gasteiger partial charge < -0.3 is 16.3 Å². The number of nitrogens with zero attached hydrogens (tertiary/aromatic N) is 1. The van der Waals surface area contributed by atoms with Crippen LogP contribution in [0.3, 0.4) is 0 Å². The zero-order valence-corrected chi connectivity index (χ0v) is 12.3. The Morgan fingerprint density at radius 3 is 2.39 bits per heavy atom. The molecule has 0 bridgehead atoms. The molecule has 0 aromatic heterocycles. The maximum atomic E-state index is 10.9. The fourth-order valence-electron chi connectivity index (χ4n) is 1.50. The van der Waals surface area contributed by atoms with Crippen molar-refractivity contribution < 1.29 is 13.6 Å². The first-order chi connectivity index (χ1) is 8.19. The van der Waals surface area contributed by atoms with E-state index in [-0.39, 0.29) is 17.0 Å². The number of rotatable bonds is 9. The molecule has 0 radical (unpaired) electrons. The van der Waals surface area contributed by atoms with E-state index in [1.54, 1.807) is 0 Å². The van der Waals surface area contributed by atoms with Gasteiger partial charge in [0.25, 0.3) is 0 Å². The molecule has 0 heterocycles. The minimum atomic E-state index is -2.85. The molecule has 0 rings (SSSR count). The van der Waals surface area contributed by atoms with Gasteiger partial charge in [-0.25, -0.2) is 8.42 Å². The maximum absolute atomic E-state index is 10.9. The van der Waals surface area contributed by atoms with E-state index in [1.807, 2.05) is 13.8 Å². The van der Waals surface area contributed by atoms with Crippen LogP contribution in [0, 0.1) is 5.41 Å². The predicted molar refractivity (Wildman–Crippen MR) is 73.6 cm³/mol. The van der Waals surface area contributed by atoms with Gasteiger partial charge in [-0.1, -0.05) is 19.0 Å². The average molecular weight is 279 g/mol. The van der Waals surface area contributed by atoms with Crippen LogP contribution in [0.2, 0.25) is 0 Å². The van der Waals surface area contributed by atoms with Gasteiger partial charge in [0, 0.05) is 11.7 Å². The number of hydrogen-bond acceptors (Lipinski definition) is 5. The highest BCUT2D eigenvalue weighted by molar-refractivity contribution is 7.90. The molecule has 0 spiro atoms. The Hall–Kier alpha value is -0.820. The molecule has 7 heteroatoms. The van der Waals surface area contributed by atoms with E-state index >= 15 is 0 Å². The van der Waals surface area contributed by atoms with Gasteiger partial charge >= 0.3 is 0 Å². The molecule has 4 N–H and O–H groups in total. The van der Waals surface area contributed by atoms with Gasteiger partial charge in [0.2, 0.25) is 0 Å². The summed E-state index contributed by atoms with van der Waals surface area (Å²) in [5, 5.41) is 14.8. The largest absolute Gasteiger partial charge is 0.409 e. The Kier molecular flexibility index (Phi) is 7.23. The SMILES string of the molecule is CC(C)(CCCNCCCS(C)(=O)=O)C(N)=NO. The van der Waals surface area contributed by atoms with Crippen molar-refractivity contribution in [1.82, 2.24) is 5.32 Å². The van der Waals surface area contributed by atoms with Crippen LogP contribution < -0.4 is 11.1 Å². The molecular formula is C11H25N3O3S. The molecule has 0 aliphatic rings. The van der Waals surface area contributed by atoms with Crippen molar-refractivity contribution in [3.05, 3.63) is 0 Å². The topological polar surface area (TPSA) is 105 Å². The molecule has 0 aliphatic carbocycles. The summed E-state index contributed by atoms with van der Waals surface area (Å²) >= 11 is 0. The second-order valence-corrected chi connectivity index (χ2v) is 7.47. The molecule has 0 aromatic carbocycles. The number of sulfone groups is 1. The highest BCUT2D eigenvalue weighted by Crippen LogP contribution is 2.21. The van der Waals surface area contributed by atoms with E-state index in [0.717, 1.165) is 19.4 Å². The highest BCUT2D eigenvalue weighted by atomic mass is 32.2. The summed E-state index contributed by atoms with van der Waals surface area (Å²) in [6.07, 6.45) is 3.57. The van der Waals surface area contributed by atoms with E-state index in [9.17, 15) is 8.42 Å². The van der Waals surface area contributed by atoms with Crippen LogP contribution in [0.1, 0.15) is 33.1 Å². The normalized spacial score (nSPS) is 13.8. The first-order valence-corrected chi connectivity index (χ1v) is 8.11. The lowest BCUT2D eigenvalue weighted by Gasteiger charge is -2.22. The third-order valence-corrected chi connectivity index (χ3v) is 3.86. The fourth-order valence-corrected chi connectivity index (χ4v) is 2.17. The van der Waals surface area contributed by atoms with Crippen LogP contribution in [0.4, 0.5) is 0 Å². The lowest BCUT2D eigenvalue weighted by Crippen LogP contribution is -2.32. The third kappa shape index (κ3) is 8.30. The molecule has 0 fully saturated rings. The fraction of sp³-hybridized carbons (Fsp3) is 0.909. The van der Waals surface area contributed by atoms with E-state index in [0.29, 0.717) is 13.0 Å². The first kappa shape index (κ1) is 17.2. The predicted octanol–water partition coefficient (Wildman–Crippen LogP) is 0.564. The molecule has 0 amide bonds. The Morgan fingerprint density at radius 2 is 1.89 bits per heavy atom. The van der Waals surface area contributed by atoms with Crippen molar-refractivity contribution in [3.8, 4) is 0 Å². The summed E-state index contributed by atoms with van der Waals surface area (Å²) < 4.78 is 21.8. The summed E-state index contributed by atoms with van der Waals surface area (Å²) in [5.41, 5.74) is 5.26. The number of amidine groups is 1. The van der Waals surface area contributed by atoms with Crippen molar-refractivity contribution in [2.45, 2.75) is 33.1 Å². The van der Waals surface area contributed by atoms with E-state index in [1.165, 1.54) is 6.26 Å². The third-order valence-electron chi connectivity index (χ3n) is 2.83. The van der Waals surface area contributed by atoms with E-state index in [2.05, 4.69) is 10.5 Å². The van der Waals surface area contributed by atoms with Crippen LogP contribution in [0.25, 0.3) is 0 Å². The average Bonchev–Trinajstić information content (AvgIpc) is 2.25. The van der Waals surface area contributed by atoms with Gasteiger partial charge in [-0.3, -0.25) is 0 Å². The smallest absolute Gasteiger partial charge is 0.147 e. The standard InChI is InChI=1S/C11H25N3O3S/c1-11(2,10(12)14-15)6-4-7-13-8-5-9-18(3,16)17/h13,15H,4-9H2,1-3H3,(H2,12,14). The van der Waals surface area contributed by atoms with Crippen LogP contribution in [-0.4, -0.2) is 44.6 Å². The quantitative estimate of drug-likeness (QED) is 0.188. The van der Waals surface area contributed by atoms with Gasteiger partial charge in [0.1, 0.15) is 15.7 Å². The van der Waals surface area contributed by atoms with Crippen LogP contribution in [0.15, 0.2) is 5.16 Å². The number of oxime groups is 1. The van der Waals surface area contributed by atoms with E-state index < -0.39 is 9.84 Å². The zero-order valence-electron chi connectivity index (χ0n) is 11.4. The Bertz CT molecular complexity index is 364. The van der Waals surface area contributed by atoms with Crippen molar-refractivity contribution in [1.29, 1.82) is 0 Å². The van der Waals surface area contributed by atoms with Crippen LogP contribution in [0.5, 0.6) is 0 Å². The molecule has 0 saturated carbocycles. The monoisotopic (exact) mass is 279 g/mol. The van der Waals surface area contributed by atoms with Crippen LogP contribution in [-0.2, 0) is 9.84 Å². The lowest BCUT2D eigenvalue weighted by molar-refractivity contribution is 0.304. The molecule has 108 valence electrons. The minimum Gasteiger partial charge on any atom is -0.409 e. The second kappa shape index (κ2) is 7.58. The molecule has 0 atom stereocenters. The number of hydrogen-bond donors (Lipinski definition) is 3. The summed E-state index contributed by atoms with van der Waals surface area (Å²) in [5.74, 6) is 0.454. The molecular weight excluding hydrogens is 254 g/mol. The molecule has 0 saturated heterocycles. The zero-order chi connectivity index (χ0) is 14.2. The van der Waals surface area contributed by atoms with Crippen molar-refractivity contribution in [2.24, 2.45) is 16.3 Å². The van der Waals surface area contributed by atoms with Gasteiger partial charge in [0.05, 0.1) is 5.75 Å². The first-order valence-electron chi connectivity index (χ1n) is 6.05. The Morgan fingerprint density at radius 1 is 1.33 bits per heavy atom. The summed E-state index contributed by atoms with van der Waals surface area (Å²) in [7, 11) is -2.85. The molecule has 0 aliphatic heterocycles. The Balaban J connectivity index is 3.64. The summed E-state index contributed by atoms with van der Waals surface area (Å²) in [6.45, 7) is 5.33. The van der Waals surface area contributed by atoms with E-state index in [4.69, 9.17) is 10.9 Å². The van der Waals surface area contributed by atoms with Gasteiger partial charge in [-0.15, -0.1) is 0 Å². The molecule has 6 nitrogen and oxygen atoms in total. The van der Waals surface area contributed by atoms with Crippen molar-refractivity contribution in [2.75, 3.05) is 25.1 Å². The summed E-state index contributed by atoms with van der Waals surface area (Å²) in [6, 6.07) is 0. The van der Waals surface area contributed by atoms with Gasteiger partial charge in [-0.05, 0) is 32.4 Å². The molecule has 18 heavy (non-hydrogen) atoms. The lowest BCUT2D eigenvalue weighted by atomic mass is 9.86. The highest BCUT2D eigenvalue weighted by Gasteiger charge is 2.22. The maximum Gasteiger partial charge on any atom is 0.147 e. The molecule has 0 unspecified atom stereocenters.